The molecule has 0 aromatic heterocycles. The van der Waals surface area contributed by atoms with Crippen molar-refractivity contribution in [3.05, 3.63) is 28.2 Å². The summed E-state index contributed by atoms with van der Waals surface area (Å²) in [5.74, 6) is 0.700. The second kappa shape index (κ2) is 6.55. The normalized spacial score (nSPS) is 13.4. The fourth-order valence-corrected chi connectivity index (χ4v) is 1.86. The van der Waals surface area contributed by atoms with Crippen LogP contribution in [0.3, 0.4) is 0 Å². The van der Waals surface area contributed by atoms with E-state index in [4.69, 9.17) is 9.47 Å². The van der Waals surface area contributed by atoms with E-state index in [2.05, 4.69) is 15.9 Å². The molecule has 0 saturated carbocycles. The third-order valence-corrected chi connectivity index (χ3v) is 2.79. The van der Waals surface area contributed by atoms with Gasteiger partial charge in [0.05, 0.1) is 18.3 Å². The molecule has 0 aliphatic carbocycles. The summed E-state index contributed by atoms with van der Waals surface area (Å²) >= 11 is 3.38. The molecule has 0 bridgehead atoms. The molecular weight excluding hydrogens is 296 g/mol. The smallest absolute Gasteiger partial charge is 0.125 e. The van der Waals surface area contributed by atoms with Crippen LogP contribution >= 0.6 is 15.9 Å². The first-order valence-corrected chi connectivity index (χ1v) is 6.83. The zero-order valence-corrected chi connectivity index (χ0v) is 13.0. The molecule has 0 saturated heterocycles. The maximum absolute atomic E-state index is 9.68. The summed E-state index contributed by atoms with van der Waals surface area (Å²) in [6.07, 6.45) is -0.555. The van der Waals surface area contributed by atoms with Crippen LogP contribution < -0.4 is 4.74 Å². The van der Waals surface area contributed by atoms with E-state index < -0.39 is 6.10 Å². The van der Waals surface area contributed by atoms with Crippen LogP contribution in [0.2, 0.25) is 0 Å². The third-order valence-electron chi connectivity index (χ3n) is 2.30. The second-order valence-electron chi connectivity index (χ2n) is 5.17. The summed E-state index contributed by atoms with van der Waals surface area (Å²) in [7, 11) is 0. The first-order valence-electron chi connectivity index (χ1n) is 6.04. The lowest BCUT2D eigenvalue weighted by Gasteiger charge is -2.20. The van der Waals surface area contributed by atoms with Gasteiger partial charge in [-0.25, -0.2) is 0 Å². The molecule has 1 atom stereocenters. The van der Waals surface area contributed by atoms with Crippen LogP contribution in [-0.4, -0.2) is 23.9 Å². The minimum Gasteiger partial charge on any atom is -0.491 e. The number of aliphatic hydroxyl groups is 1. The number of ether oxygens (including phenoxy) is 2. The molecular formula is C14H21BrO3. The maximum atomic E-state index is 9.68. The van der Waals surface area contributed by atoms with Gasteiger partial charge in [-0.1, -0.05) is 15.9 Å². The molecule has 0 radical (unpaired) electrons. The Morgan fingerprint density at radius 3 is 2.50 bits per heavy atom. The van der Waals surface area contributed by atoms with E-state index in [1.807, 2.05) is 39.0 Å². The van der Waals surface area contributed by atoms with Crippen molar-refractivity contribution < 1.29 is 14.6 Å². The van der Waals surface area contributed by atoms with Crippen LogP contribution in [0, 0.1) is 0 Å². The van der Waals surface area contributed by atoms with E-state index in [0.717, 1.165) is 10.0 Å². The molecule has 1 aromatic carbocycles. The van der Waals surface area contributed by atoms with Crippen molar-refractivity contribution in [1.29, 1.82) is 0 Å². The SMILES string of the molecule is CC(O)c1cc(Br)ccc1OCCOC(C)(C)C. The van der Waals surface area contributed by atoms with Gasteiger partial charge in [-0.2, -0.15) is 0 Å². The summed E-state index contributed by atoms with van der Waals surface area (Å²) in [5.41, 5.74) is 0.621. The quantitative estimate of drug-likeness (QED) is 0.842. The van der Waals surface area contributed by atoms with Crippen LogP contribution in [0.25, 0.3) is 0 Å². The van der Waals surface area contributed by atoms with Crippen molar-refractivity contribution in [2.45, 2.75) is 39.4 Å². The Morgan fingerprint density at radius 1 is 1.28 bits per heavy atom. The molecule has 0 aliphatic rings. The van der Waals surface area contributed by atoms with Gasteiger partial charge in [0.1, 0.15) is 12.4 Å². The fourth-order valence-electron chi connectivity index (χ4n) is 1.48. The van der Waals surface area contributed by atoms with Gasteiger partial charge in [-0.15, -0.1) is 0 Å². The number of aliphatic hydroxyl groups excluding tert-OH is 1. The van der Waals surface area contributed by atoms with E-state index in [9.17, 15) is 5.11 Å². The summed E-state index contributed by atoms with van der Waals surface area (Å²) in [4.78, 5) is 0. The lowest BCUT2D eigenvalue weighted by atomic mass is 10.1. The summed E-state index contributed by atoms with van der Waals surface area (Å²) < 4.78 is 12.1. The van der Waals surface area contributed by atoms with Gasteiger partial charge >= 0.3 is 0 Å². The Bertz CT molecular complexity index is 383. The number of benzene rings is 1. The Balaban J connectivity index is 2.57. The van der Waals surface area contributed by atoms with Crippen LogP contribution in [0.1, 0.15) is 39.4 Å². The Kier molecular flexibility index (Phi) is 5.63. The highest BCUT2D eigenvalue weighted by Crippen LogP contribution is 2.28. The highest BCUT2D eigenvalue weighted by molar-refractivity contribution is 9.10. The summed E-state index contributed by atoms with van der Waals surface area (Å²) in [5, 5.41) is 9.68. The van der Waals surface area contributed by atoms with E-state index in [-0.39, 0.29) is 5.60 Å². The molecule has 1 rings (SSSR count). The molecule has 0 heterocycles. The van der Waals surface area contributed by atoms with Crippen LogP contribution in [0.4, 0.5) is 0 Å². The molecule has 1 unspecified atom stereocenters. The zero-order chi connectivity index (χ0) is 13.8. The van der Waals surface area contributed by atoms with Crippen molar-refractivity contribution in [3.8, 4) is 5.75 Å². The van der Waals surface area contributed by atoms with Crippen molar-refractivity contribution >= 4 is 15.9 Å². The molecule has 4 heteroatoms. The fraction of sp³-hybridized carbons (Fsp3) is 0.571. The highest BCUT2D eigenvalue weighted by atomic mass is 79.9. The van der Waals surface area contributed by atoms with Crippen molar-refractivity contribution in [2.75, 3.05) is 13.2 Å². The second-order valence-corrected chi connectivity index (χ2v) is 6.08. The molecule has 1 N–H and O–H groups in total. The van der Waals surface area contributed by atoms with Crippen molar-refractivity contribution in [3.63, 3.8) is 0 Å². The van der Waals surface area contributed by atoms with Gasteiger partial charge in [-0.05, 0) is 45.9 Å². The van der Waals surface area contributed by atoms with E-state index in [1.54, 1.807) is 6.92 Å². The number of halogens is 1. The highest BCUT2D eigenvalue weighted by Gasteiger charge is 2.12. The van der Waals surface area contributed by atoms with Crippen LogP contribution in [0.15, 0.2) is 22.7 Å². The van der Waals surface area contributed by atoms with Gasteiger partial charge in [-0.3, -0.25) is 0 Å². The largest absolute Gasteiger partial charge is 0.491 e. The van der Waals surface area contributed by atoms with Crippen molar-refractivity contribution in [2.24, 2.45) is 0 Å². The standard InChI is InChI=1S/C14H21BrO3/c1-10(16)12-9-11(15)5-6-13(12)17-7-8-18-14(2,3)4/h5-6,9-10,16H,7-8H2,1-4H3. The predicted molar refractivity (Wildman–Crippen MR) is 76.0 cm³/mol. The third kappa shape index (κ3) is 5.38. The topological polar surface area (TPSA) is 38.7 Å². The number of hydrogen-bond donors (Lipinski definition) is 1. The summed E-state index contributed by atoms with van der Waals surface area (Å²) in [6, 6.07) is 5.61. The molecule has 0 spiro atoms. The van der Waals surface area contributed by atoms with Crippen molar-refractivity contribution in [1.82, 2.24) is 0 Å². The number of rotatable bonds is 5. The molecule has 0 aliphatic heterocycles. The first kappa shape index (κ1) is 15.5. The monoisotopic (exact) mass is 316 g/mol. The summed E-state index contributed by atoms with van der Waals surface area (Å²) in [6.45, 7) is 8.74. The molecule has 3 nitrogen and oxygen atoms in total. The first-order chi connectivity index (χ1) is 8.29. The zero-order valence-electron chi connectivity index (χ0n) is 11.4. The lowest BCUT2D eigenvalue weighted by molar-refractivity contribution is -0.0166. The molecule has 0 amide bonds. The van der Waals surface area contributed by atoms with E-state index >= 15 is 0 Å². The molecule has 18 heavy (non-hydrogen) atoms. The predicted octanol–water partition coefficient (Wildman–Crippen LogP) is 3.70. The van der Waals surface area contributed by atoms with Gasteiger partial charge < -0.3 is 14.6 Å². The van der Waals surface area contributed by atoms with Gasteiger partial charge in [0.15, 0.2) is 0 Å². The van der Waals surface area contributed by atoms with E-state index in [1.165, 1.54) is 0 Å². The Labute approximate surface area is 117 Å². The maximum Gasteiger partial charge on any atom is 0.125 e. The van der Waals surface area contributed by atoms with Crippen LogP contribution in [-0.2, 0) is 4.74 Å². The molecule has 0 fully saturated rings. The average molecular weight is 317 g/mol. The minimum atomic E-state index is -0.555. The molecule has 1 aromatic rings. The van der Waals surface area contributed by atoms with E-state index in [0.29, 0.717) is 19.0 Å². The minimum absolute atomic E-state index is 0.157. The molecule has 102 valence electrons. The lowest BCUT2D eigenvalue weighted by Crippen LogP contribution is -2.22. The van der Waals surface area contributed by atoms with Crippen LogP contribution in [0.5, 0.6) is 5.75 Å². The average Bonchev–Trinajstić information content (AvgIpc) is 2.24. The van der Waals surface area contributed by atoms with Gasteiger partial charge in [0, 0.05) is 10.0 Å². The van der Waals surface area contributed by atoms with Gasteiger partial charge in [0.25, 0.3) is 0 Å². The Hall–Kier alpha value is -0.580. The Morgan fingerprint density at radius 2 is 1.94 bits per heavy atom. The van der Waals surface area contributed by atoms with Gasteiger partial charge in [0.2, 0.25) is 0 Å². The number of hydrogen-bond acceptors (Lipinski definition) is 3.